The molecule has 1 saturated carbocycles. The Hall–Kier alpha value is -0.340. The summed E-state index contributed by atoms with van der Waals surface area (Å²) in [6, 6.07) is 0. The fraction of sp³-hybridized carbons (Fsp3) is 0.875. The van der Waals surface area contributed by atoms with Crippen LogP contribution < -0.4 is 0 Å². The van der Waals surface area contributed by atoms with Crippen LogP contribution in [-0.4, -0.2) is 19.0 Å². The molecular weight excluding hydrogens is 224 g/mol. The summed E-state index contributed by atoms with van der Waals surface area (Å²) in [4.78, 5) is 0. The SMILES string of the molecule is C=C(C)COC(CC(C)(C)C)OC1CCCCC1. The van der Waals surface area contributed by atoms with E-state index in [9.17, 15) is 0 Å². The molecule has 0 aliphatic heterocycles. The van der Waals surface area contributed by atoms with Gasteiger partial charge in [0.2, 0.25) is 0 Å². The van der Waals surface area contributed by atoms with Crippen molar-refractivity contribution >= 4 is 0 Å². The van der Waals surface area contributed by atoms with Gasteiger partial charge in [0.25, 0.3) is 0 Å². The quantitative estimate of drug-likeness (QED) is 0.505. The van der Waals surface area contributed by atoms with Gasteiger partial charge in [-0.1, -0.05) is 52.2 Å². The van der Waals surface area contributed by atoms with Gasteiger partial charge in [-0.3, -0.25) is 0 Å². The smallest absolute Gasteiger partial charge is 0.158 e. The van der Waals surface area contributed by atoms with Gasteiger partial charge < -0.3 is 9.47 Å². The third-order valence-corrected chi connectivity index (χ3v) is 3.19. The molecule has 106 valence electrons. The molecule has 0 aromatic rings. The zero-order valence-electron chi connectivity index (χ0n) is 12.6. The van der Waals surface area contributed by atoms with Crippen molar-refractivity contribution in [3.8, 4) is 0 Å². The van der Waals surface area contributed by atoms with Gasteiger partial charge in [-0.05, 0) is 25.2 Å². The van der Waals surface area contributed by atoms with Gasteiger partial charge in [-0.15, -0.1) is 0 Å². The van der Waals surface area contributed by atoms with Crippen molar-refractivity contribution in [3.63, 3.8) is 0 Å². The molecule has 1 aliphatic rings. The maximum atomic E-state index is 6.15. The van der Waals surface area contributed by atoms with Crippen LogP contribution in [0.1, 0.15) is 66.2 Å². The first-order valence-electron chi connectivity index (χ1n) is 7.28. The molecule has 2 heteroatoms. The van der Waals surface area contributed by atoms with Crippen molar-refractivity contribution < 1.29 is 9.47 Å². The summed E-state index contributed by atoms with van der Waals surface area (Å²) in [5, 5.41) is 0. The zero-order chi connectivity index (χ0) is 13.6. The molecule has 1 aliphatic carbocycles. The molecule has 0 radical (unpaired) electrons. The standard InChI is InChI=1S/C16H30O2/c1-13(2)12-17-15(11-16(3,4)5)18-14-9-7-6-8-10-14/h14-15H,1,6-12H2,2-5H3. The normalized spacial score (nSPS) is 19.8. The molecule has 1 rings (SSSR count). The maximum absolute atomic E-state index is 6.15. The topological polar surface area (TPSA) is 18.5 Å². The van der Waals surface area contributed by atoms with Gasteiger partial charge >= 0.3 is 0 Å². The molecule has 0 saturated heterocycles. The highest BCUT2D eigenvalue weighted by Gasteiger charge is 2.24. The summed E-state index contributed by atoms with van der Waals surface area (Å²) < 4.78 is 12.0. The molecule has 1 fully saturated rings. The van der Waals surface area contributed by atoms with Gasteiger partial charge in [-0.25, -0.2) is 0 Å². The Morgan fingerprint density at radius 2 is 1.83 bits per heavy atom. The van der Waals surface area contributed by atoms with E-state index in [0.29, 0.717) is 12.7 Å². The fourth-order valence-corrected chi connectivity index (χ4v) is 2.30. The highest BCUT2D eigenvalue weighted by Crippen LogP contribution is 2.27. The Bertz CT molecular complexity index is 246. The highest BCUT2D eigenvalue weighted by molar-refractivity contribution is 4.87. The van der Waals surface area contributed by atoms with E-state index in [0.717, 1.165) is 12.0 Å². The minimum atomic E-state index is -0.0789. The van der Waals surface area contributed by atoms with Crippen LogP contribution in [0.2, 0.25) is 0 Å². The van der Waals surface area contributed by atoms with Gasteiger partial charge in [0, 0.05) is 6.42 Å². The summed E-state index contributed by atoms with van der Waals surface area (Å²) in [7, 11) is 0. The number of ether oxygens (including phenoxy) is 2. The molecule has 0 N–H and O–H groups in total. The van der Waals surface area contributed by atoms with E-state index in [2.05, 4.69) is 27.4 Å². The lowest BCUT2D eigenvalue weighted by Crippen LogP contribution is -2.30. The summed E-state index contributed by atoms with van der Waals surface area (Å²) >= 11 is 0. The second-order valence-electron chi connectivity index (χ2n) is 6.86. The first-order chi connectivity index (χ1) is 8.37. The van der Waals surface area contributed by atoms with Crippen LogP contribution in [0.25, 0.3) is 0 Å². The van der Waals surface area contributed by atoms with Crippen LogP contribution >= 0.6 is 0 Å². The fourth-order valence-electron chi connectivity index (χ4n) is 2.30. The first kappa shape index (κ1) is 15.7. The van der Waals surface area contributed by atoms with E-state index in [1.807, 2.05) is 6.92 Å². The Balaban J connectivity index is 2.44. The molecule has 0 aromatic carbocycles. The number of hydrogen-bond acceptors (Lipinski definition) is 2. The Labute approximate surface area is 113 Å². The lowest BCUT2D eigenvalue weighted by Gasteiger charge is -2.31. The molecule has 1 unspecified atom stereocenters. The largest absolute Gasteiger partial charge is 0.349 e. The molecule has 0 amide bonds. The molecule has 0 spiro atoms. The average Bonchev–Trinajstić information content (AvgIpc) is 2.25. The van der Waals surface area contributed by atoms with E-state index in [1.54, 1.807) is 0 Å². The minimum Gasteiger partial charge on any atom is -0.349 e. The lowest BCUT2D eigenvalue weighted by atomic mass is 9.91. The molecule has 0 aromatic heterocycles. The van der Waals surface area contributed by atoms with Crippen LogP contribution in [0.3, 0.4) is 0 Å². The van der Waals surface area contributed by atoms with Gasteiger partial charge in [0.1, 0.15) is 0 Å². The predicted octanol–water partition coefficient (Wildman–Crippen LogP) is 4.69. The summed E-state index contributed by atoms with van der Waals surface area (Å²) in [5.74, 6) is 0. The maximum Gasteiger partial charge on any atom is 0.158 e. The van der Waals surface area contributed by atoms with E-state index in [4.69, 9.17) is 9.47 Å². The van der Waals surface area contributed by atoms with Crippen LogP contribution in [0.4, 0.5) is 0 Å². The van der Waals surface area contributed by atoms with Crippen molar-refractivity contribution in [1.29, 1.82) is 0 Å². The second-order valence-corrected chi connectivity index (χ2v) is 6.86. The first-order valence-corrected chi connectivity index (χ1v) is 7.28. The zero-order valence-corrected chi connectivity index (χ0v) is 12.6. The minimum absolute atomic E-state index is 0.0789. The molecule has 0 bridgehead atoms. The van der Waals surface area contributed by atoms with Crippen LogP contribution in [-0.2, 0) is 9.47 Å². The summed E-state index contributed by atoms with van der Waals surface area (Å²) in [6.07, 6.45) is 7.60. The van der Waals surface area contributed by atoms with E-state index < -0.39 is 0 Å². The van der Waals surface area contributed by atoms with Crippen molar-refractivity contribution in [1.82, 2.24) is 0 Å². The molecule has 2 nitrogen and oxygen atoms in total. The molecule has 18 heavy (non-hydrogen) atoms. The second kappa shape index (κ2) is 7.30. The van der Waals surface area contributed by atoms with Crippen LogP contribution in [0, 0.1) is 5.41 Å². The Morgan fingerprint density at radius 1 is 1.22 bits per heavy atom. The Kier molecular flexibility index (Phi) is 6.37. The molecule has 0 heterocycles. The number of rotatable bonds is 6. The van der Waals surface area contributed by atoms with Crippen LogP contribution in [0.15, 0.2) is 12.2 Å². The van der Waals surface area contributed by atoms with Crippen molar-refractivity contribution in [2.75, 3.05) is 6.61 Å². The van der Waals surface area contributed by atoms with Gasteiger partial charge in [-0.2, -0.15) is 0 Å². The average molecular weight is 254 g/mol. The van der Waals surface area contributed by atoms with Crippen LogP contribution in [0.5, 0.6) is 0 Å². The van der Waals surface area contributed by atoms with E-state index in [-0.39, 0.29) is 11.7 Å². The molecular formula is C16H30O2. The van der Waals surface area contributed by atoms with Crippen molar-refractivity contribution in [3.05, 3.63) is 12.2 Å². The van der Waals surface area contributed by atoms with Gasteiger partial charge in [0.05, 0.1) is 12.7 Å². The van der Waals surface area contributed by atoms with E-state index in [1.165, 1.54) is 32.1 Å². The summed E-state index contributed by atoms with van der Waals surface area (Å²) in [6.45, 7) is 13.2. The van der Waals surface area contributed by atoms with Gasteiger partial charge in [0.15, 0.2) is 6.29 Å². The third-order valence-electron chi connectivity index (χ3n) is 3.19. The Morgan fingerprint density at radius 3 is 2.33 bits per heavy atom. The molecule has 1 atom stereocenters. The third kappa shape index (κ3) is 7.17. The summed E-state index contributed by atoms with van der Waals surface area (Å²) in [5.41, 5.74) is 1.29. The monoisotopic (exact) mass is 254 g/mol. The highest BCUT2D eigenvalue weighted by atomic mass is 16.7. The van der Waals surface area contributed by atoms with Crippen molar-refractivity contribution in [2.24, 2.45) is 5.41 Å². The van der Waals surface area contributed by atoms with E-state index >= 15 is 0 Å². The lowest BCUT2D eigenvalue weighted by molar-refractivity contribution is -0.184. The van der Waals surface area contributed by atoms with Crippen molar-refractivity contribution in [2.45, 2.75) is 78.6 Å². The number of hydrogen-bond donors (Lipinski definition) is 0. The predicted molar refractivity (Wildman–Crippen MR) is 76.6 cm³/mol.